The van der Waals surface area contributed by atoms with E-state index in [0.717, 1.165) is 31.4 Å². The summed E-state index contributed by atoms with van der Waals surface area (Å²) in [5, 5.41) is 6.60. The molecule has 1 heterocycles. The topological polar surface area (TPSA) is 41.1 Å². The average molecular weight is 313 g/mol. The van der Waals surface area contributed by atoms with Gasteiger partial charge in [0, 0.05) is 17.0 Å². The predicted molar refractivity (Wildman–Crippen MR) is 83.1 cm³/mol. The summed E-state index contributed by atoms with van der Waals surface area (Å²) in [6.45, 7) is 5.34. The standard InChI is InChI=1S/C16H22ClFN2O/c1-16(2,12-7-6-11(18)9-13(12)17)10-20-15(21)14-5-3-4-8-19-14/h6-7,9,14,19H,3-5,8,10H2,1-2H3,(H,20,21). The molecule has 1 amide bonds. The molecule has 2 rings (SSSR count). The first-order chi connectivity index (χ1) is 9.90. The van der Waals surface area contributed by atoms with Crippen molar-refractivity contribution in [1.82, 2.24) is 10.6 Å². The third kappa shape index (κ3) is 4.17. The Kier molecular flexibility index (Phi) is 5.22. The molecular weight excluding hydrogens is 291 g/mol. The zero-order valence-electron chi connectivity index (χ0n) is 12.5. The number of hydrogen-bond acceptors (Lipinski definition) is 2. The molecule has 2 N–H and O–H groups in total. The van der Waals surface area contributed by atoms with Crippen LogP contribution < -0.4 is 10.6 Å². The highest BCUT2D eigenvalue weighted by Crippen LogP contribution is 2.30. The third-order valence-electron chi connectivity index (χ3n) is 3.99. The van der Waals surface area contributed by atoms with Crippen molar-refractivity contribution in [1.29, 1.82) is 0 Å². The van der Waals surface area contributed by atoms with E-state index in [0.29, 0.717) is 11.6 Å². The van der Waals surface area contributed by atoms with Gasteiger partial charge in [-0.15, -0.1) is 0 Å². The number of hydrogen-bond donors (Lipinski definition) is 2. The largest absolute Gasteiger partial charge is 0.354 e. The number of piperidine rings is 1. The van der Waals surface area contributed by atoms with Crippen LogP contribution in [0.25, 0.3) is 0 Å². The number of carbonyl (C=O) groups is 1. The van der Waals surface area contributed by atoms with Crippen LogP contribution in [0.4, 0.5) is 4.39 Å². The molecule has 1 aromatic carbocycles. The Bertz CT molecular complexity index is 513. The number of nitrogens with one attached hydrogen (secondary N) is 2. The van der Waals surface area contributed by atoms with Crippen LogP contribution in [-0.2, 0) is 10.2 Å². The van der Waals surface area contributed by atoms with Gasteiger partial charge in [-0.3, -0.25) is 4.79 Å². The van der Waals surface area contributed by atoms with Crippen molar-refractivity contribution in [3.05, 3.63) is 34.6 Å². The van der Waals surface area contributed by atoms with E-state index in [4.69, 9.17) is 11.6 Å². The van der Waals surface area contributed by atoms with Crippen LogP contribution >= 0.6 is 11.6 Å². The van der Waals surface area contributed by atoms with Crippen molar-refractivity contribution in [3.63, 3.8) is 0 Å². The van der Waals surface area contributed by atoms with Gasteiger partial charge in [0.25, 0.3) is 0 Å². The molecule has 0 bridgehead atoms. The lowest BCUT2D eigenvalue weighted by atomic mass is 9.84. The Morgan fingerprint density at radius 3 is 2.86 bits per heavy atom. The Balaban J connectivity index is 1.98. The van der Waals surface area contributed by atoms with Gasteiger partial charge in [0.2, 0.25) is 5.91 Å². The maximum atomic E-state index is 13.1. The van der Waals surface area contributed by atoms with Crippen LogP contribution in [0.1, 0.15) is 38.7 Å². The summed E-state index contributed by atoms with van der Waals surface area (Å²) in [5.41, 5.74) is 0.484. The van der Waals surface area contributed by atoms with Crippen molar-refractivity contribution in [2.75, 3.05) is 13.1 Å². The molecule has 1 aromatic rings. The fourth-order valence-electron chi connectivity index (χ4n) is 2.64. The first-order valence-electron chi connectivity index (χ1n) is 7.37. The van der Waals surface area contributed by atoms with Crippen LogP contribution in [0.15, 0.2) is 18.2 Å². The summed E-state index contributed by atoms with van der Waals surface area (Å²) in [4.78, 5) is 12.1. The fourth-order valence-corrected chi connectivity index (χ4v) is 3.06. The Morgan fingerprint density at radius 2 is 2.24 bits per heavy atom. The van der Waals surface area contributed by atoms with Crippen molar-refractivity contribution < 1.29 is 9.18 Å². The summed E-state index contributed by atoms with van der Waals surface area (Å²) < 4.78 is 13.1. The molecule has 1 unspecified atom stereocenters. The van der Waals surface area contributed by atoms with Gasteiger partial charge in [0.1, 0.15) is 5.82 Å². The molecule has 1 aliphatic heterocycles. The molecule has 5 heteroatoms. The minimum atomic E-state index is -0.352. The first kappa shape index (κ1) is 16.2. The van der Waals surface area contributed by atoms with Crippen molar-refractivity contribution in [2.24, 2.45) is 0 Å². The number of amides is 1. The van der Waals surface area contributed by atoms with Crippen LogP contribution in [0.5, 0.6) is 0 Å². The number of benzene rings is 1. The first-order valence-corrected chi connectivity index (χ1v) is 7.74. The number of rotatable bonds is 4. The number of carbonyl (C=O) groups excluding carboxylic acids is 1. The second-order valence-corrected chi connectivity index (χ2v) is 6.64. The fraction of sp³-hybridized carbons (Fsp3) is 0.562. The molecule has 0 spiro atoms. The Morgan fingerprint density at radius 1 is 1.48 bits per heavy atom. The smallest absolute Gasteiger partial charge is 0.237 e. The molecule has 0 saturated carbocycles. The molecule has 21 heavy (non-hydrogen) atoms. The summed E-state index contributed by atoms with van der Waals surface area (Å²) in [6.07, 6.45) is 3.09. The van der Waals surface area contributed by atoms with E-state index in [1.165, 1.54) is 12.1 Å². The molecule has 0 radical (unpaired) electrons. The summed E-state index contributed by atoms with van der Waals surface area (Å²) in [7, 11) is 0. The van der Waals surface area contributed by atoms with Crippen LogP contribution in [0.2, 0.25) is 5.02 Å². The summed E-state index contributed by atoms with van der Waals surface area (Å²) >= 11 is 6.11. The van der Waals surface area contributed by atoms with Crippen LogP contribution in [0.3, 0.4) is 0 Å². The molecule has 1 atom stereocenters. The van der Waals surface area contributed by atoms with Crippen molar-refractivity contribution >= 4 is 17.5 Å². The predicted octanol–water partition coefficient (Wildman–Crippen LogP) is 3.02. The number of halogens is 2. The quantitative estimate of drug-likeness (QED) is 0.897. The van der Waals surface area contributed by atoms with Gasteiger partial charge in [-0.25, -0.2) is 4.39 Å². The van der Waals surface area contributed by atoms with E-state index in [1.54, 1.807) is 6.07 Å². The maximum Gasteiger partial charge on any atom is 0.237 e. The molecular formula is C16H22ClFN2O. The van der Waals surface area contributed by atoms with Gasteiger partial charge in [-0.2, -0.15) is 0 Å². The average Bonchev–Trinajstić information content (AvgIpc) is 2.45. The molecule has 1 aliphatic rings. The van der Waals surface area contributed by atoms with Crippen LogP contribution in [0, 0.1) is 5.82 Å². The van der Waals surface area contributed by atoms with E-state index < -0.39 is 0 Å². The summed E-state index contributed by atoms with van der Waals surface area (Å²) in [6, 6.07) is 4.29. The van der Waals surface area contributed by atoms with E-state index in [2.05, 4.69) is 10.6 Å². The zero-order chi connectivity index (χ0) is 15.5. The van der Waals surface area contributed by atoms with Gasteiger partial charge in [-0.05, 0) is 37.1 Å². The normalized spacial score (nSPS) is 19.3. The molecule has 116 valence electrons. The SMILES string of the molecule is CC(C)(CNC(=O)C1CCCCN1)c1ccc(F)cc1Cl. The van der Waals surface area contributed by atoms with Crippen molar-refractivity contribution in [2.45, 2.75) is 44.6 Å². The van der Waals surface area contributed by atoms with Gasteiger partial charge < -0.3 is 10.6 Å². The monoisotopic (exact) mass is 312 g/mol. The lowest BCUT2D eigenvalue weighted by Crippen LogP contribution is -2.49. The van der Waals surface area contributed by atoms with Gasteiger partial charge >= 0.3 is 0 Å². The summed E-state index contributed by atoms with van der Waals surface area (Å²) in [5.74, 6) is -0.323. The minimum absolute atomic E-state index is 0.0287. The van der Waals surface area contributed by atoms with Crippen LogP contribution in [-0.4, -0.2) is 25.0 Å². The molecule has 0 aromatic heterocycles. The molecule has 1 fully saturated rings. The molecule has 3 nitrogen and oxygen atoms in total. The second-order valence-electron chi connectivity index (χ2n) is 6.23. The Labute approximate surface area is 130 Å². The van der Waals surface area contributed by atoms with E-state index in [9.17, 15) is 9.18 Å². The molecule has 1 saturated heterocycles. The molecule has 0 aliphatic carbocycles. The van der Waals surface area contributed by atoms with Crippen molar-refractivity contribution in [3.8, 4) is 0 Å². The van der Waals surface area contributed by atoms with E-state index in [1.807, 2.05) is 13.8 Å². The minimum Gasteiger partial charge on any atom is -0.354 e. The highest BCUT2D eigenvalue weighted by atomic mass is 35.5. The second kappa shape index (κ2) is 6.75. The van der Waals surface area contributed by atoms with Gasteiger partial charge in [0.15, 0.2) is 0 Å². The van der Waals surface area contributed by atoms with E-state index >= 15 is 0 Å². The Hall–Kier alpha value is -1.13. The van der Waals surface area contributed by atoms with Gasteiger partial charge in [-0.1, -0.05) is 37.9 Å². The lowest BCUT2D eigenvalue weighted by molar-refractivity contribution is -0.123. The van der Waals surface area contributed by atoms with E-state index in [-0.39, 0.29) is 23.2 Å². The highest BCUT2D eigenvalue weighted by molar-refractivity contribution is 6.31. The highest BCUT2D eigenvalue weighted by Gasteiger charge is 2.26. The third-order valence-corrected chi connectivity index (χ3v) is 4.30. The zero-order valence-corrected chi connectivity index (χ0v) is 13.3. The lowest BCUT2D eigenvalue weighted by Gasteiger charge is -2.29. The van der Waals surface area contributed by atoms with Gasteiger partial charge in [0.05, 0.1) is 6.04 Å². The maximum absolute atomic E-state index is 13.1.